The molecule has 3 aromatic carbocycles. The molecule has 0 spiro atoms. The average molecular weight is 520 g/mol. The van der Waals surface area contributed by atoms with Crippen LogP contribution >= 0.6 is 11.6 Å². The minimum atomic E-state index is -1.65. The zero-order chi connectivity index (χ0) is 26.0. The number of aliphatic hydroxyl groups excluding tert-OH is 4. The number of carbonyl (C=O) groups excluding carboxylic acids is 1. The molecule has 1 aliphatic heterocycles. The molecule has 11 heteroatoms. The van der Waals surface area contributed by atoms with Crippen LogP contribution in [0.1, 0.15) is 10.4 Å². The number of halogens is 1. The summed E-state index contributed by atoms with van der Waals surface area (Å²) in [5.74, 6) is 0.0776. The number of methoxy groups -OCH3 is 2. The maximum absolute atomic E-state index is 13.4. The minimum Gasteiger partial charge on any atom is -0.495 e. The van der Waals surface area contributed by atoms with Crippen molar-refractivity contribution in [3.63, 3.8) is 0 Å². The average Bonchev–Trinajstić information content (AvgIpc) is 2.89. The molecule has 5 atom stereocenters. The Balaban J connectivity index is 1.72. The quantitative estimate of drug-likeness (QED) is 0.316. The van der Waals surface area contributed by atoms with Crippen molar-refractivity contribution in [2.75, 3.05) is 26.1 Å². The van der Waals surface area contributed by atoms with Gasteiger partial charge in [-0.25, -0.2) is 0 Å². The molecule has 1 heterocycles. The molecule has 0 bridgehead atoms. The van der Waals surface area contributed by atoms with Crippen LogP contribution in [0.15, 0.2) is 48.5 Å². The van der Waals surface area contributed by atoms with Gasteiger partial charge >= 0.3 is 0 Å². The summed E-state index contributed by atoms with van der Waals surface area (Å²) in [6.45, 7) is -0.617. The Labute approximate surface area is 211 Å². The molecular formula is C25H26ClNO9. The summed E-state index contributed by atoms with van der Waals surface area (Å²) in [7, 11) is 2.87. The SMILES string of the molecule is COc1cc(NC(=O)c2cc3ccccc3cc2O[C@@H]2O[C@@H](CO)[C@@H](O)[C@@H](O)[C@H]2O)c(OC)cc1Cl. The topological polar surface area (TPSA) is 147 Å². The molecule has 0 radical (unpaired) electrons. The van der Waals surface area contributed by atoms with Gasteiger partial charge in [0.15, 0.2) is 0 Å². The lowest BCUT2D eigenvalue weighted by molar-refractivity contribution is -0.277. The van der Waals surface area contributed by atoms with Crippen molar-refractivity contribution in [2.45, 2.75) is 30.7 Å². The van der Waals surface area contributed by atoms with E-state index in [2.05, 4.69) is 5.32 Å². The standard InChI is InChI=1S/C25H26ClNO9/c1-33-18-10-16(19(34-2)9-15(18)26)27-24(32)14-7-12-5-3-4-6-13(12)8-17(14)35-25-23(31)22(30)21(29)20(11-28)36-25/h3-10,20-23,25,28-31H,11H2,1-2H3,(H,27,32)/t20-,21+,22+,23+,25+/m0/s1. The van der Waals surface area contributed by atoms with Gasteiger partial charge in [0.25, 0.3) is 5.91 Å². The first-order valence-corrected chi connectivity index (χ1v) is 11.4. The van der Waals surface area contributed by atoms with Gasteiger partial charge in [-0.15, -0.1) is 0 Å². The Bertz CT molecular complexity index is 1250. The fourth-order valence-electron chi connectivity index (χ4n) is 3.93. The summed E-state index contributed by atoms with van der Waals surface area (Å²) in [4.78, 5) is 13.4. The molecule has 36 heavy (non-hydrogen) atoms. The zero-order valence-electron chi connectivity index (χ0n) is 19.4. The Morgan fingerprint density at radius 1 is 0.944 bits per heavy atom. The summed E-state index contributed by atoms with van der Waals surface area (Å²) in [5, 5.41) is 44.6. The number of amides is 1. The van der Waals surface area contributed by atoms with Crippen molar-refractivity contribution >= 4 is 34.0 Å². The Kier molecular flexibility index (Phi) is 7.84. The zero-order valence-corrected chi connectivity index (χ0v) is 20.2. The van der Waals surface area contributed by atoms with Gasteiger partial charge < -0.3 is 44.7 Å². The van der Waals surface area contributed by atoms with Crippen LogP contribution in [0.3, 0.4) is 0 Å². The number of hydrogen-bond acceptors (Lipinski definition) is 9. The molecule has 1 fully saturated rings. The summed E-state index contributed by atoms with van der Waals surface area (Å²) < 4.78 is 21.9. The minimum absolute atomic E-state index is 0.0374. The highest BCUT2D eigenvalue weighted by molar-refractivity contribution is 6.32. The van der Waals surface area contributed by atoms with Gasteiger partial charge in [0.1, 0.15) is 41.7 Å². The van der Waals surface area contributed by atoms with E-state index in [-0.39, 0.29) is 17.0 Å². The van der Waals surface area contributed by atoms with Crippen LogP contribution in [0.5, 0.6) is 17.2 Å². The summed E-state index contributed by atoms with van der Waals surface area (Å²) in [5.41, 5.74) is 0.373. The van der Waals surface area contributed by atoms with Crippen molar-refractivity contribution < 1.29 is 44.2 Å². The van der Waals surface area contributed by atoms with Crippen molar-refractivity contribution in [3.8, 4) is 17.2 Å². The van der Waals surface area contributed by atoms with Crippen LogP contribution in [0, 0.1) is 0 Å². The van der Waals surface area contributed by atoms with E-state index in [1.54, 1.807) is 12.1 Å². The van der Waals surface area contributed by atoms with Gasteiger partial charge in [-0.05, 0) is 22.9 Å². The van der Waals surface area contributed by atoms with Gasteiger partial charge in [0.05, 0.1) is 37.1 Å². The lowest BCUT2D eigenvalue weighted by Crippen LogP contribution is -2.60. The van der Waals surface area contributed by atoms with Crippen LogP contribution < -0.4 is 19.5 Å². The monoisotopic (exact) mass is 519 g/mol. The first-order chi connectivity index (χ1) is 17.3. The highest BCUT2D eigenvalue weighted by atomic mass is 35.5. The van der Waals surface area contributed by atoms with E-state index in [0.29, 0.717) is 16.5 Å². The summed E-state index contributed by atoms with van der Waals surface area (Å²) >= 11 is 6.16. The van der Waals surface area contributed by atoms with Crippen LogP contribution in [-0.4, -0.2) is 77.9 Å². The second-order valence-corrected chi connectivity index (χ2v) is 8.56. The number of ether oxygens (including phenoxy) is 4. The molecule has 192 valence electrons. The van der Waals surface area contributed by atoms with E-state index < -0.39 is 43.2 Å². The van der Waals surface area contributed by atoms with Crippen molar-refractivity contribution in [2.24, 2.45) is 0 Å². The third kappa shape index (κ3) is 5.05. The second kappa shape index (κ2) is 10.9. The van der Waals surface area contributed by atoms with E-state index in [0.717, 1.165) is 10.8 Å². The highest BCUT2D eigenvalue weighted by Gasteiger charge is 2.45. The Morgan fingerprint density at radius 3 is 2.25 bits per heavy atom. The van der Waals surface area contributed by atoms with Gasteiger partial charge in [-0.1, -0.05) is 35.9 Å². The molecule has 0 saturated carbocycles. The van der Waals surface area contributed by atoms with Gasteiger partial charge in [-0.2, -0.15) is 0 Å². The van der Waals surface area contributed by atoms with Crippen LogP contribution in [0.4, 0.5) is 5.69 Å². The van der Waals surface area contributed by atoms with Gasteiger partial charge in [-0.3, -0.25) is 4.79 Å². The van der Waals surface area contributed by atoms with E-state index in [1.807, 2.05) is 24.3 Å². The van der Waals surface area contributed by atoms with Crippen LogP contribution in [-0.2, 0) is 4.74 Å². The number of benzene rings is 3. The molecule has 3 aromatic rings. The van der Waals surface area contributed by atoms with E-state index in [9.17, 15) is 25.2 Å². The third-order valence-corrected chi connectivity index (χ3v) is 6.20. The van der Waals surface area contributed by atoms with Crippen molar-refractivity contribution in [1.29, 1.82) is 0 Å². The maximum Gasteiger partial charge on any atom is 0.259 e. The molecule has 0 unspecified atom stereocenters. The lowest BCUT2D eigenvalue weighted by Gasteiger charge is -2.39. The summed E-state index contributed by atoms with van der Waals surface area (Å²) in [6.07, 6.45) is -7.47. The smallest absolute Gasteiger partial charge is 0.259 e. The molecule has 0 aromatic heterocycles. The molecule has 1 saturated heterocycles. The first-order valence-electron chi connectivity index (χ1n) is 11.0. The summed E-state index contributed by atoms with van der Waals surface area (Å²) in [6, 6.07) is 13.5. The van der Waals surface area contributed by atoms with Crippen LogP contribution in [0.25, 0.3) is 10.8 Å². The predicted octanol–water partition coefficient (Wildman–Crippen LogP) is 1.94. The number of rotatable bonds is 7. The van der Waals surface area contributed by atoms with Gasteiger partial charge in [0.2, 0.25) is 6.29 Å². The molecule has 5 N–H and O–H groups in total. The molecular weight excluding hydrogens is 494 g/mol. The molecule has 1 aliphatic rings. The number of fused-ring (bicyclic) bond motifs is 1. The Morgan fingerprint density at radius 2 is 1.61 bits per heavy atom. The highest BCUT2D eigenvalue weighted by Crippen LogP contribution is 2.37. The molecule has 4 rings (SSSR count). The predicted molar refractivity (Wildman–Crippen MR) is 131 cm³/mol. The number of carbonyl (C=O) groups is 1. The fourth-order valence-corrected chi connectivity index (χ4v) is 4.16. The number of aliphatic hydroxyl groups is 4. The fraction of sp³-hybridized carbons (Fsp3) is 0.320. The van der Waals surface area contributed by atoms with E-state index >= 15 is 0 Å². The van der Waals surface area contributed by atoms with Crippen molar-refractivity contribution in [3.05, 3.63) is 59.1 Å². The van der Waals surface area contributed by atoms with E-state index in [4.69, 9.17) is 30.5 Å². The van der Waals surface area contributed by atoms with Gasteiger partial charge in [0, 0.05) is 12.1 Å². The first kappa shape index (κ1) is 26.0. The largest absolute Gasteiger partial charge is 0.495 e. The lowest BCUT2D eigenvalue weighted by atomic mass is 9.99. The van der Waals surface area contributed by atoms with Crippen LogP contribution in [0.2, 0.25) is 5.02 Å². The number of nitrogens with one attached hydrogen (secondary N) is 1. The number of anilines is 1. The number of hydrogen-bond donors (Lipinski definition) is 5. The normalized spacial score (nSPS) is 23.8. The van der Waals surface area contributed by atoms with Crippen molar-refractivity contribution in [1.82, 2.24) is 0 Å². The third-order valence-electron chi connectivity index (χ3n) is 5.91. The maximum atomic E-state index is 13.4. The van der Waals surface area contributed by atoms with E-state index in [1.165, 1.54) is 26.4 Å². The second-order valence-electron chi connectivity index (χ2n) is 8.15. The molecule has 0 aliphatic carbocycles. The molecule has 10 nitrogen and oxygen atoms in total. The Hall–Kier alpha value is -3.12. The molecule has 1 amide bonds.